The van der Waals surface area contributed by atoms with Crippen LogP contribution in [-0.4, -0.2) is 52.6 Å². The fourth-order valence-corrected chi connectivity index (χ4v) is 3.15. The molecule has 0 amide bonds. The molecule has 2 rings (SSSR count). The number of carboxylic acids is 2. The standard InChI is InChI=1S/C21H27NO6/c23-18(14-28-13-16-9-5-2-6-10-16)20(17(21(26)27)11-19(24)25)22-12-15-7-3-1-4-8-15/h1-5,7-8,11,16,18,20,22-23H,6,9-10,12-14H2,(H,24,25)(H,26,27)/b17-11-. The quantitative estimate of drug-likeness (QED) is 0.338. The third-order valence-corrected chi connectivity index (χ3v) is 4.63. The maximum atomic E-state index is 11.6. The van der Waals surface area contributed by atoms with E-state index in [-0.39, 0.29) is 13.2 Å². The van der Waals surface area contributed by atoms with Gasteiger partial charge in [-0.05, 0) is 30.7 Å². The Balaban J connectivity index is 2.03. The van der Waals surface area contributed by atoms with Gasteiger partial charge in [0.15, 0.2) is 0 Å². The van der Waals surface area contributed by atoms with Crippen LogP contribution < -0.4 is 5.32 Å². The molecule has 0 fully saturated rings. The molecular weight excluding hydrogens is 362 g/mol. The van der Waals surface area contributed by atoms with Crippen LogP contribution in [0.25, 0.3) is 0 Å². The molecule has 0 heterocycles. The van der Waals surface area contributed by atoms with Crippen LogP contribution in [0.5, 0.6) is 0 Å². The summed E-state index contributed by atoms with van der Waals surface area (Å²) in [5.74, 6) is -2.41. The summed E-state index contributed by atoms with van der Waals surface area (Å²) < 4.78 is 5.61. The topological polar surface area (TPSA) is 116 Å². The fourth-order valence-electron chi connectivity index (χ4n) is 3.15. The molecule has 0 radical (unpaired) electrons. The molecule has 0 saturated carbocycles. The number of hydrogen-bond acceptors (Lipinski definition) is 5. The van der Waals surface area contributed by atoms with Crippen molar-refractivity contribution in [3.05, 3.63) is 59.7 Å². The zero-order valence-corrected chi connectivity index (χ0v) is 15.7. The minimum Gasteiger partial charge on any atom is -0.478 e. The number of aliphatic carboxylic acids is 2. The Morgan fingerprint density at radius 3 is 2.57 bits per heavy atom. The molecule has 3 atom stereocenters. The van der Waals surface area contributed by atoms with E-state index in [4.69, 9.17) is 9.84 Å². The van der Waals surface area contributed by atoms with Gasteiger partial charge < -0.3 is 25.4 Å². The van der Waals surface area contributed by atoms with E-state index in [0.29, 0.717) is 18.6 Å². The Kier molecular flexibility index (Phi) is 8.87. The summed E-state index contributed by atoms with van der Waals surface area (Å²) in [5.41, 5.74) is 0.467. The second-order valence-electron chi connectivity index (χ2n) is 6.84. The van der Waals surface area contributed by atoms with Crippen LogP contribution >= 0.6 is 0 Å². The number of benzene rings is 1. The van der Waals surface area contributed by atoms with E-state index in [9.17, 15) is 19.8 Å². The molecule has 0 saturated heterocycles. The maximum absolute atomic E-state index is 11.6. The van der Waals surface area contributed by atoms with Crippen molar-refractivity contribution in [2.24, 2.45) is 5.92 Å². The molecular formula is C21H27NO6. The van der Waals surface area contributed by atoms with Crippen molar-refractivity contribution in [1.82, 2.24) is 5.32 Å². The number of aliphatic hydroxyl groups is 1. The molecule has 1 aliphatic carbocycles. The summed E-state index contributed by atoms with van der Waals surface area (Å²) in [4.78, 5) is 22.6. The highest BCUT2D eigenvalue weighted by molar-refractivity contribution is 5.95. The number of rotatable bonds is 11. The molecule has 1 aliphatic rings. The van der Waals surface area contributed by atoms with Crippen molar-refractivity contribution in [3.8, 4) is 0 Å². The number of aliphatic hydroxyl groups excluding tert-OH is 1. The molecule has 0 aromatic heterocycles. The lowest BCUT2D eigenvalue weighted by molar-refractivity contribution is -0.135. The van der Waals surface area contributed by atoms with Gasteiger partial charge in [0.1, 0.15) is 0 Å². The second-order valence-corrected chi connectivity index (χ2v) is 6.84. The van der Waals surface area contributed by atoms with Gasteiger partial charge in [-0.15, -0.1) is 0 Å². The lowest BCUT2D eigenvalue weighted by Gasteiger charge is -2.26. The highest BCUT2D eigenvalue weighted by Gasteiger charge is 2.29. The molecule has 152 valence electrons. The van der Waals surface area contributed by atoms with E-state index in [1.54, 1.807) is 0 Å². The third-order valence-electron chi connectivity index (χ3n) is 4.63. The van der Waals surface area contributed by atoms with E-state index in [2.05, 4.69) is 17.5 Å². The minimum atomic E-state index is -1.40. The van der Waals surface area contributed by atoms with E-state index in [1.807, 2.05) is 30.3 Å². The van der Waals surface area contributed by atoms with E-state index >= 15 is 0 Å². The first-order chi connectivity index (χ1) is 13.5. The Bertz CT molecular complexity index is 700. The van der Waals surface area contributed by atoms with Crippen molar-refractivity contribution in [2.45, 2.75) is 38.0 Å². The van der Waals surface area contributed by atoms with Crippen molar-refractivity contribution < 1.29 is 29.6 Å². The van der Waals surface area contributed by atoms with Crippen molar-refractivity contribution in [3.63, 3.8) is 0 Å². The number of carbonyl (C=O) groups is 2. The van der Waals surface area contributed by atoms with Crippen LogP contribution in [0.15, 0.2) is 54.1 Å². The first-order valence-electron chi connectivity index (χ1n) is 9.33. The summed E-state index contributed by atoms with van der Waals surface area (Å²) in [6.07, 6.45) is 6.58. The van der Waals surface area contributed by atoms with Crippen LogP contribution in [0.1, 0.15) is 24.8 Å². The van der Waals surface area contributed by atoms with Gasteiger partial charge in [-0.2, -0.15) is 0 Å². The average molecular weight is 389 g/mol. The SMILES string of the molecule is O=C(O)/C=C(\C(=O)O)C(NCc1ccccc1)C(O)COCC1CC=CCC1. The molecule has 1 aromatic rings. The van der Waals surface area contributed by atoms with E-state index < -0.39 is 29.7 Å². The van der Waals surface area contributed by atoms with Crippen LogP contribution in [-0.2, 0) is 20.9 Å². The van der Waals surface area contributed by atoms with Crippen LogP contribution in [0.2, 0.25) is 0 Å². The Labute approximate surface area is 164 Å². The van der Waals surface area contributed by atoms with Gasteiger partial charge in [-0.1, -0.05) is 42.5 Å². The summed E-state index contributed by atoms with van der Waals surface area (Å²) in [6, 6.07) is 8.16. The first kappa shape index (κ1) is 21.8. The van der Waals surface area contributed by atoms with Gasteiger partial charge in [-0.3, -0.25) is 0 Å². The number of hydrogen-bond donors (Lipinski definition) is 4. The summed E-state index contributed by atoms with van der Waals surface area (Å²) in [6.45, 7) is 0.662. The van der Waals surface area contributed by atoms with Crippen molar-refractivity contribution in [2.75, 3.05) is 13.2 Å². The number of nitrogens with one attached hydrogen (secondary N) is 1. The predicted molar refractivity (Wildman–Crippen MR) is 104 cm³/mol. The maximum Gasteiger partial charge on any atom is 0.333 e. The lowest BCUT2D eigenvalue weighted by atomic mass is 9.95. The molecule has 0 bridgehead atoms. The predicted octanol–water partition coefficient (Wildman–Crippen LogP) is 1.97. The zero-order valence-electron chi connectivity index (χ0n) is 15.7. The summed E-state index contributed by atoms with van der Waals surface area (Å²) in [5, 5.41) is 32.0. The van der Waals surface area contributed by atoms with Crippen LogP contribution in [0.4, 0.5) is 0 Å². The Morgan fingerprint density at radius 1 is 1.21 bits per heavy atom. The molecule has 7 heteroatoms. The monoisotopic (exact) mass is 389 g/mol. The van der Waals surface area contributed by atoms with Crippen LogP contribution in [0.3, 0.4) is 0 Å². The van der Waals surface area contributed by atoms with Crippen LogP contribution in [0, 0.1) is 5.92 Å². The highest BCUT2D eigenvalue weighted by atomic mass is 16.5. The van der Waals surface area contributed by atoms with E-state index in [0.717, 1.165) is 24.8 Å². The number of allylic oxidation sites excluding steroid dienone is 2. The number of carboxylic acid groups (broad SMARTS) is 2. The van der Waals surface area contributed by atoms with Gasteiger partial charge in [-0.25, -0.2) is 9.59 Å². The highest BCUT2D eigenvalue weighted by Crippen LogP contribution is 2.18. The van der Waals surface area contributed by atoms with Gasteiger partial charge in [0.25, 0.3) is 0 Å². The largest absolute Gasteiger partial charge is 0.478 e. The number of ether oxygens (including phenoxy) is 1. The molecule has 7 nitrogen and oxygen atoms in total. The molecule has 0 spiro atoms. The smallest absolute Gasteiger partial charge is 0.333 e. The van der Waals surface area contributed by atoms with Gasteiger partial charge >= 0.3 is 11.9 Å². The first-order valence-corrected chi connectivity index (χ1v) is 9.33. The molecule has 1 aromatic carbocycles. The van der Waals surface area contributed by atoms with E-state index in [1.165, 1.54) is 0 Å². The average Bonchev–Trinajstić information content (AvgIpc) is 2.68. The molecule has 28 heavy (non-hydrogen) atoms. The van der Waals surface area contributed by atoms with Crippen molar-refractivity contribution >= 4 is 11.9 Å². The third kappa shape index (κ3) is 7.26. The molecule has 4 N–H and O–H groups in total. The zero-order chi connectivity index (χ0) is 20.4. The van der Waals surface area contributed by atoms with Gasteiger partial charge in [0, 0.05) is 19.2 Å². The normalized spacial score (nSPS) is 19.2. The van der Waals surface area contributed by atoms with Crippen molar-refractivity contribution in [1.29, 1.82) is 0 Å². The lowest BCUT2D eigenvalue weighted by Crippen LogP contribution is -2.45. The Morgan fingerprint density at radius 2 is 1.96 bits per heavy atom. The molecule has 3 unspecified atom stereocenters. The van der Waals surface area contributed by atoms with Gasteiger partial charge in [0.2, 0.25) is 0 Å². The van der Waals surface area contributed by atoms with Gasteiger partial charge in [0.05, 0.1) is 24.3 Å². The Hall–Kier alpha value is -2.48. The molecule has 0 aliphatic heterocycles. The summed E-state index contributed by atoms with van der Waals surface area (Å²) >= 11 is 0. The minimum absolute atomic E-state index is 0.0864. The summed E-state index contributed by atoms with van der Waals surface area (Å²) in [7, 11) is 0. The fraction of sp³-hybridized carbons (Fsp3) is 0.429. The second kappa shape index (κ2) is 11.4.